The van der Waals surface area contributed by atoms with Crippen LogP contribution in [0.4, 0.5) is 0 Å². The summed E-state index contributed by atoms with van der Waals surface area (Å²) in [6.07, 6.45) is 2.73. The highest BCUT2D eigenvalue weighted by Gasteiger charge is 2.14. The van der Waals surface area contributed by atoms with E-state index in [9.17, 15) is 13.2 Å². The molecule has 1 aliphatic rings. The standard InChI is InChI=1S/C13H25N7O3S/c1-18(24(2,22)23)6-5-15-13(21)12-11-20(17-16-12)10-9-19-7-3-14-4-8-19/h11,14H,3-10H2,1-2H3,(H,15,21). The predicted octanol–water partition coefficient (Wildman–Crippen LogP) is -2.20. The first kappa shape index (κ1) is 18.8. The van der Waals surface area contributed by atoms with Crippen molar-refractivity contribution in [3.8, 4) is 0 Å². The van der Waals surface area contributed by atoms with Gasteiger partial charge in [-0.05, 0) is 0 Å². The Labute approximate surface area is 142 Å². The van der Waals surface area contributed by atoms with Gasteiger partial charge in [-0.1, -0.05) is 5.21 Å². The first-order valence-corrected chi connectivity index (χ1v) is 9.74. The number of nitrogens with zero attached hydrogens (tertiary/aromatic N) is 5. The fourth-order valence-electron chi connectivity index (χ4n) is 2.27. The zero-order valence-electron chi connectivity index (χ0n) is 14.1. The van der Waals surface area contributed by atoms with Crippen molar-refractivity contribution in [3.05, 3.63) is 11.9 Å². The second-order valence-electron chi connectivity index (χ2n) is 5.80. The SMILES string of the molecule is CN(CCNC(=O)c1cn(CCN2CCNCC2)nn1)S(C)(=O)=O. The van der Waals surface area contributed by atoms with Crippen LogP contribution < -0.4 is 10.6 Å². The van der Waals surface area contributed by atoms with Gasteiger partial charge in [0, 0.05) is 52.9 Å². The smallest absolute Gasteiger partial charge is 0.273 e. The van der Waals surface area contributed by atoms with Crippen molar-refractivity contribution in [1.29, 1.82) is 0 Å². The summed E-state index contributed by atoms with van der Waals surface area (Å²) in [6, 6.07) is 0. The maximum atomic E-state index is 12.0. The first-order chi connectivity index (χ1) is 11.4. The third-order valence-corrected chi connectivity index (χ3v) is 5.22. The molecule has 24 heavy (non-hydrogen) atoms. The van der Waals surface area contributed by atoms with Crippen molar-refractivity contribution in [2.24, 2.45) is 0 Å². The molecule has 0 spiro atoms. The van der Waals surface area contributed by atoms with E-state index in [0.717, 1.165) is 39.0 Å². The summed E-state index contributed by atoms with van der Waals surface area (Å²) in [7, 11) is -1.77. The number of likely N-dealkylation sites (N-methyl/N-ethyl adjacent to an activating group) is 1. The van der Waals surface area contributed by atoms with Crippen LogP contribution in [0.5, 0.6) is 0 Å². The van der Waals surface area contributed by atoms with Crippen LogP contribution in [0.2, 0.25) is 0 Å². The molecule has 1 saturated heterocycles. The Hall–Kier alpha value is -1.56. The highest BCUT2D eigenvalue weighted by molar-refractivity contribution is 7.88. The lowest BCUT2D eigenvalue weighted by Crippen LogP contribution is -2.44. The van der Waals surface area contributed by atoms with Crippen molar-refractivity contribution < 1.29 is 13.2 Å². The number of rotatable bonds is 8. The van der Waals surface area contributed by atoms with Crippen molar-refractivity contribution in [3.63, 3.8) is 0 Å². The average molecular weight is 359 g/mol. The molecule has 1 amide bonds. The Balaban J connectivity index is 1.74. The van der Waals surface area contributed by atoms with Gasteiger partial charge in [0.25, 0.3) is 5.91 Å². The second kappa shape index (κ2) is 8.51. The van der Waals surface area contributed by atoms with E-state index in [1.165, 1.54) is 11.4 Å². The molecule has 0 unspecified atom stereocenters. The third-order valence-electron chi connectivity index (χ3n) is 3.90. The number of carbonyl (C=O) groups excluding carboxylic acids is 1. The predicted molar refractivity (Wildman–Crippen MR) is 89.1 cm³/mol. The molecular formula is C13H25N7O3S. The minimum atomic E-state index is -3.24. The third kappa shape index (κ3) is 5.82. The van der Waals surface area contributed by atoms with Gasteiger partial charge in [0.05, 0.1) is 19.0 Å². The van der Waals surface area contributed by atoms with E-state index < -0.39 is 10.0 Å². The summed E-state index contributed by atoms with van der Waals surface area (Å²) < 4.78 is 25.4. The van der Waals surface area contributed by atoms with E-state index in [2.05, 4.69) is 25.8 Å². The molecule has 1 aromatic heterocycles. The topological polar surface area (TPSA) is 112 Å². The zero-order chi connectivity index (χ0) is 17.6. The van der Waals surface area contributed by atoms with Crippen LogP contribution in [0.1, 0.15) is 10.5 Å². The molecular weight excluding hydrogens is 334 g/mol. The molecule has 2 heterocycles. The summed E-state index contributed by atoms with van der Waals surface area (Å²) in [5.74, 6) is -0.356. The van der Waals surface area contributed by atoms with E-state index >= 15 is 0 Å². The van der Waals surface area contributed by atoms with Crippen LogP contribution in [0.25, 0.3) is 0 Å². The minimum Gasteiger partial charge on any atom is -0.349 e. The minimum absolute atomic E-state index is 0.210. The summed E-state index contributed by atoms with van der Waals surface area (Å²) in [5.41, 5.74) is 0.234. The molecule has 11 heteroatoms. The fourth-order valence-corrected chi connectivity index (χ4v) is 2.70. The highest BCUT2D eigenvalue weighted by atomic mass is 32.2. The first-order valence-electron chi connectivity index (χ1n) is 7.89. The summed E-state index contributed by atoms with van der Waals surface area (Å²) in [4.78, 5) is 14.3. The summed E-state index contributed by atoms with van der Waals surface area (Å²) in [6.45, 7) is 5.98. The van der Waals surface area contributed by atoms with Gasteiger partial charge in [-0.15, -0.1) is 5.10 Å². The van der Waals surface area contributed by atoms with Crippen molar-refractivity contribution in [2.75, 3.05) is 59.1 Å². The Kier molecular flexibility index (Phi) is 6.66. The normalized spacial score (nSPS) is 16.5. The van der Waals surface area contributed by atoms with Crippen LogP contribution >= 0.6 is 0 Å². The average Bonchev–Trinajstić information content (AvgIpc) is 3.02. The number of nitrogens with one attached hydrogen (secondary N) is 2. The molecule has 0 bridgehead atoms. The lowest BCUT2D eigenvalue weighted by molar-refractivity contribution is 0.0947. The largest absolute Gasteiger partial charge is 0.349 e. The highest BCUT2D eigenvalue weighted by Crippen LogP contribution is 1.97. The summed E-state index contributed by atoms with van der Waals surface area (Å²) >= 11 is 0. The van der Waals surface area contributed by atoms with Gasteiger partial charge in [-0.2, -0.15) is 0 Å². The van der Waals surface area contributed by atoms with Crippen molar-refractivity contribution >= 4 is 15.9 Å². The van der Waals surface area contributed by atoms with E-state index in [-0.39, 0.29) is 24.7 Å². The van der Waals surface area contributed by atoms with Gasteiger partial charge >= 0.3 is 0 Å². The molecule has 0 aromatic carbocycles. The molecule has 0 atom stereocenters. The maximum Gasteiger partial charge on any atom is 0.273 e. The van der Waals surface area contributed by atoms with Crippen LogP contribution in [0.3, 0.4) is 0 Å². The second-order valence-corrected chi connectivity index (χ2v) is 7.89. The number of amides is 1. The fraction of sp³-hybridized carbons (Fsp3) is 0.769. The van der Waals surface area contributed by atoms with Crippen LogP contribution in [-0.2, 0) is 16.6 Å². The van der Waals surface area contributed by atoms with E-state index in [1.807, 2.05) is 0 Å². The number of aromatic nitrogens is 3. The van der Waals surface area contributed by atoms with Crippen LogP contribution in [0.15, 0.2) is 6.20 Å². The molecule has 2 rings (SSSR count). The Morgan fingerprint density at radius 2 is 2.08 bits per heavy atom. The lowest BCUT2D eigenvalue weighted by atomic mass is 10.3. The zero-order valence-corrected chi connectivity index (χ0v) is 14.9. The lowest BCUT2D eigenvalue weighted by Gasteiger charge is -2.26. The molecule has 0 saturated carbocycles. The van der Waals surface area contributed by atoms with Gasteiger partial charge < -0.3 is 10.6 Å². The van der Waals surface area contributed by atoms with Crippen LogP contribution in [-0.4, -0.2) is 97.6 Å². The van der Waals surface area contributed by atoms with Crippen molar-refractivity contribution in [1.82, 2.24) is 34.8 Å². The Morgan fingerprint density at radius 3 is 2.75 bits per heavy atom. The molecule has 0 aliphatic carbocycles. The monoisotopic (exact) mass is 359 g/mol. The van der Waals surface area contributed by atoms with E-state index in [4.69, 9.17) is 0 Å². The van der Waals surface area contributed by atoms with Gasteiger partial charge in [-0.25, -0.2) is 12.7 Å². The van der Waals surface area contributed by atoms with Gasteiger partial charge in [0.1, 0.15) is 0 Å². The van der Waals surface area contributed by atoms with Crippen LogP contribution in [0, 0.1) is 0 Å². The van der Waals surface area contributed by atoms with E-state index in [0.29, 0.717) is 6.54 Å². The molecule has 0 radical (unpaired) electrons. The molecule has 1 fully saturated rings. The number of piperazine rings is 1. The molecule has 136 valence electrons. The van der Waals surface area contributed by atoms with Crippen molar-refractivity contribution in [2.45, 2.75) is 6.54 Å². The number of sulfonamides is 1. The number of carbonyl (C=O) groups is 1. The summed E-state index contributed by atoms with van der Waals surface area (Å²) in [5, 5.41) is 13.8. The molecule has 1 aliphatic heterocycles. The molecule has 10 nitrogen and oxygen atoms in total. The number of hydrogen-bond donors (Lipinski definition) is 2. The Morgan fingerprint density at radius 1 is 1.38 bits per heavy atom. The molecule has 1 aromatic rings. The van der Waals surface area contributed by atoms with E-state index in [1.54, 1.807) is 10.9 Å². The maximum absolute atomic E-state index is 12.0. The Bertz CT molecular complexity index is 640. The number of hydrogen-bond acceptors (Lipinski definition) is 7. The van der Waals surface area contributed by atoms with Gasteiger partial charge in [0.2, 0.25) is 10.0 Å². The quantitative estimate of drug-likeness (QED) is 0.542. The van der Waals surface area contributed by atoms with Gasteiger partial charge in [0.15, 0.2) is 5.69 Å². The molecule has 2 N–H and O–H groups in total. The van der Waals surface area contributed by atoms with Gasteiger partial charge in [-0.3, -0.25) is 14.4 Å².